The van der Waals surface area contributed by atoms with Crippen LogP contribution in [-0.2, 0) is 0 Å². The number of hydrogen-bond acceptors (Lipinski definition) is 0. The van der Waals surface area contributed by atoms with Gasteiger partial charge in [-0.05, 0) is 0 Å². The van der Waals surface area contributed by atoms with Gasteiger partial charge in [-0.3, -0.25) is 0 Å². The van der Waals surface area contributed by atoms with Crippen LogP contribution in [0.15, 0.2) is 0 Å². The zero-order valence-corrected chi connectivity index (χ0v) is 0. The van der Waals surface area contributed by atoms with Gasteiger partial charge in [0.05, 0.1) is 0 Å². The molecule has 0 fully saturated rings. The van der Waals surface area contributed by atoms with Crippen LogP contribution in [-0.4, -0.2) is 1490 Å². The van der Waals surface area contributed by atoms with Crippen LogP contribution in [0.25, 0.3) is 0 Å². The van der Waals surface area contributed by atoms with Gasteiger partial charge in [0.15, 0.2) is 0 Å². The Morgan fingerprint density at radius 3 is 0.0345 bits per heavy atom. The first-order valence-electron chi connectivity index (χ1n) is 0. The van der Waals surface area contributed by atoms with Crippen molar-refractivity contribution in [3.8, 4) is 0 Å². The van der Waals surface area contributed by atoms with Crippen LogP contribution in [0.2, 0.25) is 0 Å². The molecule has 0 bridgehead atoms. The predicted molar refractivity (Wildman–Crippen MR) is 207 cm³/mol. The maximum atomic E-state index is 0. The second-order valence-electron chi connectivity index (χ2n) is 0. The summed E-state index contributed by atoms with van der Waals surface area (Å²) in [6.07, 6.45) is 0. The van der Waals surface area contributed by atoms with Crippen LogP contribution in [0.5, 0.6) is 0 Å². The summed E-state index contributed by atoms with van der Waals surface area (Å²) in [5, 5.41) is 0. The topological polar surface area (TPSA) is 0 Å². The first-order valence-corrected chi connectivity index (χ1v) is 0. The Morgan fingerprint density at radius 1 is 0.0345 bits per heavy atom. The molecule has 0 aromatic heterocycles. The van der Waals surface area contributed by atoms with Gasteiger partial charge in [-0.2, -0.15) is 0 Å². The molecule has 0 aliphatic carbocycles. The minimum atomic E-state index is 0. The third-order valence-corrected chi connectivity index (χ3v) is 0. The third-order valence-electron chi connectivity index (χ3n) is 0. The molecule has 0 saturated carbocycles. The molecule has 29 heavy (non-hydrogen) atoms. The van der Waals surface area contributed by atoms with Gasteiger partial charge in [0.1, 0.15) is 0 Å². The fourth-order valence-corrected chi connectivity index (χ4v) is 0. The average molecular weight is 1160 g/mol. The van der Waals surface area contributed by atoms with Crippen molar-refractivity contribution >= 4 is 1490 Å². The molecule has 0 aromatic carbocycles. The fraction of sp³-hybridized carbons (Fsp3) is 0. The van der Waals surface area contributed by atoms with Gasteiger partial charge >= 0.3 is 1490 Å². The molecule has 0 aliphatic rings. The molecule has 0 heterocycles. The van der Waals surface area contributed by atoms with Crippen molar-refractivity contribution in [3.05, 3.63) is 0 Å². The van der Waals surface area contributed by atoms with E-state index in [-0.39, 0.29) is 1490 Å². The van der Waals surface area contributed by atoms with Crippen molar-refractivity contribution in [3.63, 3.8) is 0 Å². The standard InChI is InChI=1S/29K.29H. The molecule has 0 N–H and O–H groups in total. The predicted octanol–water partition coefficient (Wildman–Crippen LogP) is -18.8. The van der Waals surface area contributed by atoms with E-state index in [9.17, 15) is 0 Å². The summed E-state index contributed by atoms with van der Waals surface area (Å²) >= 11 is 0. The summed E-state index contributed by atoms with van der Waals surface area (Å²) in [6, 6.07) is 0. The van der Waals surface area contributed by atoms with E-state index < -0.39 is 0 Å². The Morgan fingerprint density at radius 2 is 0.0345 bits per heavy atom. The van der Waals surface area contributed by atoms with E-state index in [2.05, 4.69) is 0 Å². The van der Waals surface area contributed by atoms with Crippen LogP contribution in [0, 0.1) is 0 Å². The molecule has 0 rings (SSSR count). The Hall–Kier alpha value is 47.5. The van der Waals surface area contributed by atoms with Crippen LogP contribution < -0.4 is 0 Å². The molecule has 0 spiro atoms. The molecule has 29 heteroatoms. The summed E-state index contributed by atoms with van der Waals surface area (Å²) in [5.41, 5.74) is 0. The van der Waals surface area contributed by atoms with E-state index in [1.807, 2.05) is 0 Å². The molecule has 0 nitrogen and oxygen atoms in total. The van der Waals surface area contributed by atoms with Crippen LogP contribution in [0.4, 0.5) is 0 Å². The Labute approximate surface area is 1420 Å². The summed E-state index contributed by atoms with van der Waals surface area (Å²) in [5.74, 6) is 0. The van der Waals surface area contributed by atoms with Crippen molar-refractivity contribution in [2.45, 2.75) is 0 Å². The molecule has 58 valence electrons. The Bertz CT molecular complexity index is 0. The first kappa shape index (κ1) is 193. The van der Waals surface area contributed by atoms with E-state index in [1.54, 1.807) is 0 Å². The van der Waals surface area contributed by atoms with Crippen molar-refractivity contribution in [2.24, 2.45) is 0 Å². The van der Waals surface area contributed by atoms with Gasteiger partial charge in [0.2, 0.25) is 0 Å². The molecule has 0 atom stereocenters. The van der Waals surface area contributed by atoms with Gasteiger partial charge < -0.3 is 0 Å². The van der Waals surface area contributed by atoms with Gasteiger partial charge in [-0.25, -0.2) is 0 Å². The van der Waals surface area contributed by atoms with E-state index in [0.717, 1.165) is 0 Å². The van der Waals surface area contributed by atoms with Gasteiger partial charge in [-0.1, -0.05) is 0 Å². The second-order valence-corrected chi connectivity index (χ2v) is 0. The van der Waals surface area contributed by atoms with E-state index in [4.69, 9.17) is 0 Å². The normalized spacial score (nSPS) is 0. The van der Waals surface area contributed by atoms with Crippen molar-refractivity contribution in [1.82, 2.24) is 0 Å². The summed E-state index contributed by atoms with van der Waals surface area (Å²) in [7, 11) is 0. The van der Waals surface area contributed by atoms with Crippen LogP contribution >= 0.6 is 0 Å². The van der Waals surface area contributed by atoms with Crippen molar-refractivity contribution in [1.29, 1.82) is 0 Å². The quantitative estimate of drug-likeness (QED) is 0.212. The molecule has 0 aromatic rings. The van der Waals surface area contributed by atoms with Gasteiger partial charge in [0, 0.05) is 0 Å². The SMILES string of the molecule is [KH].[KH].[KH].[KH].[KH].[KH].[KH].[KH].[KH].[KH].[KH].[KH].[KH].[KH].[KH].[KH].[KH].[KH].[KH].[KH].[KH].[KH].[KH].[KH].[KH].[KH].[KH].[KH].[KH]. The zero-order valence-electron chi connectivity index (χ0n) is 0. The first-order chi connectivity index (χ1) is 0. The summed E-state index contributed by atoms with van der Waals surface area (Å²) < 4.78 is 0. The molecule has 0 saturated heterocycles. The monoisotopic (exact) mass is 1160 g/mol. The fourth-order valence-electron chi connectivity index (χ4n) is 0. The molecule has 0 radical (unpaired) electrons. The van der Waals surface area contributed by atoms with Gasteiger partial charge in [-0.15, -0.1) is 0 Å². The maximum absolute atomic E-state index is 0. The third kappa shape index (κ3) is 181. The zero-order chi connectivity index (χ0) is 0. The van der Waals surface area contributed by atoms with Crippen molar-refractivity contribution in [2.75, 3.05) is 0 Å². The number of hydrogen-bond donors (Lipinski definition) is 0. The minimum absolute atomic E-state index is 0. The van der Waals surface area contributed by atoms with E-state index in [1.165, 1.54) is 0 Å². The Kier molecular flexibility index (Phi) is 1240. The van der Waals surface area contributed by atoms with Crippen LogP contribution in [0.1, 0.15) is 0 Å². The molecule has 0 aliphatic heterocycles. The molecular weight excluding hydrogens is 1130 g/mol. The molecular formula is H29K29. The Balaban J connectivity index is 0. The number of rotatable bonds is 0. The summed E-state index contributed by atoms with van der Waals surface area (Å²) in [4.78, 5) is 0. The second kappa shape index (κ2) is 186. The van der Waals surface area contributed by atoms with E-state index >= 15 is 0 Å². The van der Waals surface area contributed by atoms with Crippen molar-refractivity contribution < 1.29 is 0 Å². The van der Waals surface area contributed by atoms with E-state index in [0.29, 0.717) is 0 Å². The average Bonchev–Trinajstić information content (AvgIpc) is 0. The summed E-state index contributed by atoms with van der Waals surface area (Å²) in [6.45, 7) is 0. The molecule has 0 unspecified atom stereocenters. The van der Waals surface area contributed by atoms with Crippen LogP contribution in [0.3, 0.4) is 0 Å². The van der Waals surface area contributed by atoms with Gasteiger partial charge in [0.25, 0.3) is 0 Å². The molecule has 0 amide bonds.